The molecule has 0 aromatic carbocycles. The van der Waals surface area contributed by atoms with Gasteiger partial charge in [0.25, 0.3) is 0 Å². The van der Waals surface area contributed by atoms with Crippen LogP contribution in [0.1, 0.15) is 12.1 Å². The average Bonchev–Trinajstić information content (AvgIpc) is 2.92. The molecule has 1 fully saturated rings. The molecule has 1 aliphatic rings. The van der Waals surface area contributed by atoms with Crippen LogP contribution in [0.15, 0.2) is 17.8 Å². The molecule has 92 valence electrons. The minimum absolute atomic E-state index is 0.0303. The Labute approximate surface area is 103 Å². The molecular formula is C11H15N3O2S. The smallest absolute Gasteiger partial charge is 0.193 e. The van der Waals surface area contributed by atoms with E-state index < -0.39 is 0 Å². The van der Waals surface area contributed by atoms with Crippen LogP contribution in [0.5, 0.6) is 0 Å². The van der Waals surface area contributed by atoms with Crippen LogP contribution in [-0.4, -0.2) is 34.9 Å². The van der Waals surface area contributed by atoms with Crippen molar-refractivity contribution in [2.24, 2.45) is 5.73 Å². The number of rotatable bonds is 4. The molecule has 0 bridgehead atoms. The minimum atomic E-state index is -0.131. The average molecular weight is 253 g/mol. The largest absolute Gasteiger partial charge is 0.350 e. The summed E-state index contributed by atoms with van der Waals surface area (Å²) in [5.41, 5.74) is 7.10. The van der Waals surface area contributed by atoms with E-state index in [4.69, 9.17) is 15.2 Å². The molecule has 17 heavy (non-hydrogen) atoms. The lowest BCUT2D eigenvalue weighted by atomic mass is 10.1. The van der Waals surface area contributed by atoms with Gasteiger partial charge < -0.3 is 15.2 Å². The van der Waals surface area contributed by atoms with Gasteiger partial charge in [-0.25, -0.2) is 4.98 Å². The first-order chi connectivity index (χ1) is 8.31. The summed E-state index contributed by atoms with van der Waals surface area (Å²) in [5, 5.41) is 2.02. The van der Waals surface area contributed by atoms with E-state index in [-0.39, 0.29) is 12.3 Å². The zero-order valence-electron chi connectivity index (χ0n) is 9.41. The molecule has 0 radical (unpaired) electrons. The van der Waals surface area contributed by atoms with Crippen molar-refractivity contribution in [3.63, 3.8) is 0 Å². The Morgan fingerprint density at radius 1 is 1.53 bits per heavy atom. The van der Waals surface area contributed by atoms with Gasteiger partial charge in [-0.1, -0.05) is 0 Å². The van der Waals surface area contributed by atoms with Crippen molar-refractivity contribution < 1.29 is 9.47 Å². The van der Waals surface area contributed by atoms with Crippen molar-refractivity contribution in [1.29, 1.82) is 0 Å². The molecule has 2 aromatic rings. The Bertz CT molecular complexity index is 461. The third-order valence-corrected chi connectivity index (χ3v) is 3.57. The number of thiazole rings is 1. The summed E-state index contributed by atoms with van der Waals surface area (Å²) >= 11 is 1.63. The number of aromatic nitrogens is 2. The van der Waals surface area contributed by atoms with Gasteiger partial charge in [-0.3, -0.25) is 4.40 Å². The van der Waals surface area contributed by atoms with Gasteiger partial charge in [-0.2, -0.15) is 0 Å². The van der Waals surface area contributed by atoms with Crippen LogP contribution in [0, 0.1) is 0 Å². The first-order valence-electron chi connectivity index (χ1n) is 5.71. The zero-order valence-corrected chi connectivity index (χ0v) is 10.2. The van der Waals surface area contributed by atoms with E-state index in [0.717, 1.165) is 23.5 Å². The second kappa shape index (κ2) is 4.73. The van der Waals surface area contributed by atoms with Crippen molar-refractivity contribution in [1.82, 2.24) is 9.38 Å². The fourth-order valence-electron chi connectivity index (χ4n) is 2.02. The van der Waals surface area contributed by atoms with Crippen LogP contribution in [0.25, 0.3) is 4.96 Å². The van der Waals surface area contributed by atoms with E-state index >= 15 is 0 Å². The molecule has 0 aliphatic carbocycles. The SMILES string of the molecule is NC(Cc1cn2ccsc2n1)CC1OCCO1. The number of imidazole rings is 1. The highest BCUT2D eigenvalue weighted by Gasteiger charge is 2.20. The van der Waals surface area contributed by atoms with Gasteiger partial charge in [0.15, 0.2) is 11.3 Å². The maximum atomic E-state index is 6.07. The summed E-state index contributed by atoms with van der Waals surface area (Å²) in [4.78, 5) is 5.52. The van der Waals surface area contributed by atoms with Gasteiger partial charge in [0.1, 0.15) is 0 Å². The molecule has 2 aromatic heterocycles. The van der Waals surface area contributed by atoms with E-state index in [9.17, 15) is 0 Å². The normalized spacial score (nSPS) is 19.1. The molecule has 0 saturated carbocycles. The van der Waals surface area contributed by atoms with Crippen LogP contribution in [0.2, 0.25) is 0 Å². The van der Waals surface area contributed by atoms with E-state index in [1.807, 2.05) is 22.2 Å². The number of ether oxygens (including phenoxy) is 2. The Morgan fingerprint density at radius 3 is 3.12 bits per heavy atom. The second-order valence-corrected chi connectivity index (χ2v) is 5.07. The molecule has 6 heteroatoms. The lowest BCUT2D eigenvalue weighted by Gasteiger charge is -2.14. The lowest BCUT2D eigenvalue weighted by molar-refractivity contribution is -0.0505. The molecule has 0 spiro atoms. The summed E-state index contributed by atoms with van der Waals surface area (Å²) in [6.45, 7) is 1.36. The predicted octanol–water partition coefficient (Wildman–Crippen LogP) is 1.03. The van der Waals surface area contributed by atoms with Crippen molar-refractivity contribution >= 4 is 16.3 Å². The second-order valence-electron chi connectivity index (χ2n) is 4.20. The molecule has 5 nitrogen and oxygen atoms in total. The molecule has 3 heterocycles. The summed E-state index contributed by atoms with van der Waals surface area (Å²) in [6.07, 6.45) is 5.39. The third kappa shape index (κ3) is 2.50. The van der Waals surface area contributed by atoms with E-state index in [2.05, 4.69) is 4.98 Å². The molecule has 2 N–H and O–H groups in total. The van der Waals surface area contributed by atoms with Crippen molar-refractivity contribution in [2.75, 3.05) is 13.2 Å². The quantitative estimate of drug-likeness (QED) is 0.884. The topological polar surface area (TPSA) is 61.8 Å². The van der Waals surface area contributed by atoms with Crippen LogP contribution in [0.3, 0.4) is 0 Å². The van der Waals surface area contributed by atoms with E-state index in [0.29, 0.717) is 13.2 Å². The fourth-order valence-corrected chi connectivity index (χ4v) is 2.74. The molecule has 0 amide bonds. The van der Waals surface area contributed by atoms with Crippen molar-refractivity contribution in [3.8, 4) is 0 Å². The number of nitrogens with zero attached hydrogens (tertiary/aromatic N) is 2. The van der Waals surface area contributed by atoms with Gasteiger partial charge >= 0.3 is 0 Å². The van der Waals surface area contributed by atoms with Gasteiger partial charge in [-0.15, -0.1) is 11.3 Å². The summed E-state index contributed by atoms with van der Waals surface area (Å²) in [5.74, 6) is 0. The Kier molecular flexibility index (Phi) is 3.11. The molecule has 1 saturated heterocycles. The van der Waals surface area contributed by atoms with Crippen molar-refractivity contribution in [2.45, 2.75) is 25.2 Å². The van der Waals surface area contributed by atoms with Crippen LogP contribution in [0.4, 0.5) is 0 Å². The number of nitrogens with two attached hydrogens (primary N) is 1. The number of fused-ring (bicyclic) bond motifs is 1. The molecule has 1 atom stereocenters. The lowest BCUT2D eigenvalue weighted by Crippen LogP contribution is -2.28. The summed E-state index contributed by atoms with van der Waals surface area (Å²) < 4.78 is 12.8. The molecule has 1 unspecified atom stereocenters. The van der Waals surface area contributed by atoms with Gasteiger partial charge in [0.2, 0.25) is 0 Å². The zero-order chi connectivity index (χ0) is 11.7. The van der Waals surface area contributed by atoms with Gasteiger partial charge in [0.05, 0.1) is 18.9 Å². The Balaban J connectivity index is 1.60. The number of hydrogen-bond donors (Lipinski definition) is 1. The minimum Gasteiger partial charge on any atom is -0.350 e. The van der Waals surface area contributed by atoms with Gasteiger partial charge in [0, 0.05) is 36.7 Å². The fraction of sp³-hybridized carbons (Fsp3) is 0.545. The molecule has 3 rings (SSSR count). The Morgan fingerprint density at radius 2 is 2.35 bits per heavy atom. The third-order valence-electron chi connectivity index (χ3n) is 2.80. The first-order valence-corrected chi connectivity index (χ1v) is 6.59. The molecular weight excluding hydrogens is 238 g/mol. The Hall–Kier alpha value is -0.950. The van der Waals surface area contributed by atoms with E-state index in [1.54, 1.807) is 11.3 Å². The van der Waals surface area contributed by atoms with Crippen LogP contribution < -0.4 is 5.73 Å². The molecule has 1 aliphatic heterocycles. The monoisotopic (exact) mass is 253 g/mol. The van der Waals surface area contributed by atoms with Crippen LogP contribution >= 0.6 is 11.3 Å². The standard InChI is InChI=1S/C11H15N3O2S/c12-8(6-10-15-2-3-16-10)5-9-7-14-1-4-17-11(14)13-9/h1,4,7-8,10H,2-3,5-6,12H2. The highest BCUT2D eigenvalue weighted by atomic mass is 32.1. The predicted molar refractivity (Wildman–Crippen MR) is 65.1 cm³/mol. The number of hydrogen-bond acceptors (Lipinski definition) is 5. The van der Waals surface area contributed by atoms with Gasteiger partial charge in [-0.05, 0) is 0 Å². The van der Waals surface area contributed by atoms with Crippen molar-refractivity contribution in [3.05, 3.63) is 23.5 Å². The van der Waals surface area contributed by atoms with Crippen LogP contribution in [-0.2, 0) is 15.9 Å². The maximum Gasteiger partial charge on any atom is 0.193 e. The van der Waals surface area contributed by atoms with E-state index in [1.165, 1.54) is 0 Å². The first kappa shape index (κ1) is 11.2. The summed E-state index contributed by atoms with van der Waals surface area (Å²) in [7, 11) is 0. The highest BCUT2D eigenvalue weighted by molar-refractivity contribution is 7.15. The maximum absolute atomic E-state index is 6.07. The highest BCUT2D eigenvalue weighted by Crippen LogP contribution is 2.15. The summed E-state index contributed by atoms with van der Waals surface area (Å²) in [6, 6.07) is 0.0303.